The van der Waals surface area contributed by atoms with E-state index in [0.717, 1.165) is 18.2 Å². The van der Waals surface area contributed by atoms with E-state index in [0.29, 0.717) is 0 Å². The molecule has 3 rings (SSSR count). The van der Waals surface area contributed by atoms with Crippen molar-refractivity contribution in [3.05, 3.63) is 70.0 Å². The molecule has 0 saturated heterocycles. The van der Waals surface area contributed by atoms with Crippen molar-refractivity contribution in [2.45, 2.75) is 11.3 Å². The molecule has 152 valence electrons. The number of carbonyl (C=O) groups excluding carboxylic acids is 1. The average molecular weight is 461 g/mol. The van der Waals surface area contributed by atoms with E-state index in [1.165, 1.54) is 29.2 Å². The molecular weight excluding hydrogens is 449 g/mol. The summed E-state index contributed by atoms with van der Waals surface area (Å²) >= 11 is 11.6. The highest BCUT2D eigenvalue weighted by Crippen LogP contribution is 2.25. The van der Waals surface area contributed by atoms with E-state index in [-0.39, 0.29) is 38.3 Å². The molecule has 7 nitrogen and oxygen atoms in total. The van der Waals surface area contributed by atoms with Gasteiger partial charge in [-0.3, -0.25) is 4.79 Å². The van der Waals surface area contributed by atoms with Gasteiger partial charge in [-0.05, 0) is 35.9 Å². The van der Waals surface area contributed by atoms with Crippen LogP contribution in [-0.4, -0.2) is 24.1 Å². The summed E-state index contributed by atoms with van der Waals surface area (Å²) in [6.07, 6.45) is 2.34. The van der Waals surface area contributed by atoms with Crippen LogP contribution in [0.15, 0.2) is 47.6 Å². The minimum Gasteiger partial charge on any atom is -0.326 e. The molecule has 0 spiro atoms. The summed E-state index contributed by atoms with van der Waals surface area (Å²) in [4.78, 5) is 11.9. The van der Waals surface area contributed by atoms with Crippen LogP contribution in [0.25, 0.3) is 5.69 Å². The molecule has 3 N–H and O–H groups in total. The van der Waals surface area contributed by atoms with Crippen molar-refractivity contribution in [1.29, 1.82) is 0 Å². The van der Waals surface area contributed by atoms with Gasteiger partial charge in [-0.25, -0.2) is 27.0 Å². The predicted molar refractivity (Wildman–Crippen MR) is 104 cm³/mol. The fourth-order valence-corrected chi connectivity index (χ4v) is 3.62. The first-order chi connectivity index (χ1) is 13.5. The zero-order chi connectivity index (χ0) is 21.3. The molecule has 0 unspecified atom stereocenters. The Bertz CT molecular complexity index is 1220. The fourth-order valence-electron chi connectivity index (χ4n) is 2.52. The maximum atomic E-state index is 13.4. The van der Waals surface area contributed by atoms with Gasteiger partial charge in [0.25, 0.3) is 0 Å². The van der Waals surface area contributed by atoms with E-state index in [2.05, 4.69) is 10.4 Å². The Morgan fingerprint density at radius 2 is 1.86 bits per heavy atom. The molecule has 0 atom stereocenters. The number of hydrogen-bond donors (Lipinski definition) is 2. The molecule has 0 radical (unpaired) electrons. The summed E-state index contributed by atoms with van der Waals surface area (Å²) in [6.45, 7) is 0. The van der Waals surface area contributed by atoms with Crippen LogP contribution in [0.2, 0.25) is 10.0 Å². The first-order valence-corrected chi connectivity index (χ1v) is 10.2. The van der Waals surface area contributed by atoms with Gasteiger partial charge in [0.05, 0.1) is 23.3 Å². The number of sulfonamides is 1. The molecule has 1 amide bonds. The van der Waals surface area contributed by atoms with Crippen molar-refractivity contribution in [2.75, 3.05) is 5.32 Å². The summed E-state index contributed by atoms with van der Waals surface area (Å²) in [5.41, 5.74) is 0.304. The number of nitrogens with zero attached hydrogens (tertiary/aromatic N) is 2. The number of hydrogen-bond acceptors (Lipinski definition) is 4. The lowest BCUT2D eigenvalue weighted by Gasteiger charge is -2.12. The Morgan fingerprint density at radius 3 is 2.48 bits per heavy atom. The number of anilines is 1. The van der Waals surface area contributed by atoms with Gasteiger partial charge in [0.2, 0.25) is 15.9 Å². The Morgan fingerprint density at radius 1 is 1.17 bits per heavy atom. The van der Waals surface area contributed by atoms with Crippen LogP contribution in [0.3, 0.4) is 0 Å². The highest BCUT2D eigenvalue weighted by Gasteiger charge is 2.18. The molecule has 0 fully saturated rings. The van der Waals surface area contributed by atoms with Gasteiger partial charge in [-0.1, -0.05) is 23.2 Å². The third-order valence-corrected chi connectivity index (χ3v) is 5.28. The Kier molecular flexibility index (Phi) is 5.90. The number of nitrogens with two attached hydrogens (primary N) is 1. The largest absolute Gasteiger partial charge is 0.326 e. The second-order valence-electron chi connectivity index (χ2n) is 5.91. The maximum Gasteiger partial charge on any atom is 0.240 e. The average Bonchev–Trinajstić information content (AvgIpc) is 3.05. The zero-order valence-electron chi connectivity index (χ0n) is 14.4. The Balaban J connectivity index is 1.88. The van der Waals surface area contributed by atoms with Gasteiger partial charge in [-0.15, -0.1) is 0 Å². The number of nitrogens with one attached hydrogen (secondary N) is 1. The van der Waals surface area contributed by atoms with Gasteiger partial charge in [0, 0.05) is 16.9 Å². The molecule has 3 aromatic rings. The van der Waals surface area contributed by atoms with Crippen LogP contribution in [-0.2, 0) is 21.2 Å². The van der Waals surface area contributed by atoms with Crippen molar-refractivity contribution >= 4 is 44.8 Å². The van der Waals surface area contributed by atoms with Crippen LogP contribution >= 0.6 is 23.2 Å². The summed E-state index contributed by atoms with van der Waals surface area (Å²) in [7, 11) is -4.17. The summed E-state index contributed by atoms with van der Waals surface area (Å²) in [5, 5.41) is 11.8. The van der Waals surface area contributed by atoms with Crippen LogP contribution in [0.4, 0.5) is 14.5 Å². The topological polar surface area (TPSA) is 107 Å². The van der Waals surface area contributed by atoms with E-state index >= 15 is 0 Å². The summed E-state index contributed by atoms with van der Waals surface area (Å²) in [6, 6.07) is 5.53. The van der Waals surface area contributed by atoms with Gasteiger partial charge in [0.1, 0.15) is 4.90 Å². The first-order valence-electron chi connectivity index (χ1n) is 7.85. The van der Waals surface area contributed by atoms with E-state index in [4.69, 9.17) is 28.3 Å². The Labute approximate surface area is 174 Å². The second-order valence-corrected chi connectivity index (χ2v) is 8.29. The lowest BCUT2D eigenvalue weighted by molar-refractivity contribution is -0.115. The number of carbonyl (C=O) groups is 1. The quantitative estimate of drug-likeness (QED) is 0.569. The maximum absolute atomic E-state index is 13.4. The van der Waals surface area contributed by atoms with Crippen molar-refractivity contribution in [1.82, 2.24) is 9.78 Å². The van der Waals surface area contributed by atoms with Gasteiger partial charge in [-0.2, -0.15) is 5.10 Å². The first kappa shape index (κ1) is 21.2. The van der Waals surface area contributed by atoms with Crippen LogP contribution in [0.1, 0.15) is 5.56 Å². The van der Waals surface area contributed by atoms with E-state index in [9.17, 15) is 22.0 Å². The number of aromatic nitrogens is 2. The molecule has 2 aromatic carbocycles. The van der Waals surface area contributed by atoms with E-state index in [1.807, 2.05) is 0 Å². The minimum absolute atomic E-state index is 0.0672. The number of halogens is 4. The molecular formula is C17H12Cl2F2N4O3S. The number of rotatable bonds is 5. The zero-order valence-corrected chi connectivity index (χ0v) is 16.7. The predicted octanol–water partition coefficient (Wildman–Crippen LogP) is 3.29. The molecule has 12 heteroatoms. The van der Waals surface area contributed by atoms with Crippen molar-refractivity contribution in [2.24, 2.45) is 5.14 Å². The molecule has 1 heterocycles. The van der Waals surface area contributed by atoms with Gasteiger partial charge < -0.3 is 5.32 Å². The fraction of sp³-hybridized carbons (Fsp3) is 0.0588. The molecule has 0 aliphatic rings. The summed E-state index contributed by atoms with van der Waals surface area (Å²) < 4.78 is 51.7. The molecule has 1 aromatic heterocycles. The van der Waals surface area contributed by atoms with Crippen molar-refractivity contribution < 1.29 is 22.0 Å². The SMILES string of the molecule is NS(=O)(=O)c1cc(NC(=O)Cc2cc(F)c(F)cc2Cl)ccc1-n1cc(Cl)cn1. The smallest absolute Gasteiger partial charge is 0.240 e. The van der Waals surface area contributed by atoms with Crippen LogP contribution in [0.5, 0.6) is 0 Å². The number of primary sulfonamides is 1. The van der Waals surface area contributed by atoms with Crippen molar-refractivity contribution in [3.8, 4) is 5.69 Å². The van der Waals surface area contributed by atoms with Crippen LogP contribution < -0.4 is 10.5 Å². The molecule has 29 heavy (non-hydrogen) atoms. The van der Waals surface area contributed by atoms with Gasteiger partial charge in [0.15, 0.2) is 11.6 Å². The minimum atomic E-state index is -4.17. The lowest BCUT2D eigenvalue weighted by atomic mass is 10.1. The molecule has 0 aliphatic carbocycles. The van der Waals surface area contributed by atoms with Gasteiger partial charge >= 0.3 is 0 Å². The lowest BCUT2D eigenvalue weighted by Crippen LogP contribution is -2.18. The van der Waals surface area contributed by atoms with E-state index in [1.54, 1.807) is 0 Å². The van der Waals surface area contributed by atoms with Crippen molar-refractivity contribution in [3.63, 3.8) is 0 Å². The third kappa shape index (κ3) is 4.91. The summed E-state index contributed by atoms with van der Waals surface area (Å²) in [5.74, 6) is -2.91. The monoisotopic (exact) mass is 460 g/mol. The standard InChI is InChI=1S/C17H12Cl2F2N4O3S/c18-10-7-23-25(8-10)15-2-1-11(5-16(15)29(22,27)28)24-17(26)4-9-3-13(20)14(21)6-12(9)19/h1-3,5-8H,4H2,(H,24,26)(H2,22,27,28). The van der Waals surface area contributed by atoms with Crippen LogP contribution in [0, 0.1) is 11.6 Å². The Hall–Kier alpha value is -2.53. The highest BCUT2D eigenvalue weighted by molar-refractivity contribution is 7.89. The normalized spacial score (nSPS) is 11.5. The highest BCUT2D eigenvalue weighted by atomic mass is 35.5. The molecule has 0 bridgehead atoms. The molecule has 0 saturated carbocycles. The van der Waals surface area contributed by atoms with E-state index < -0.39 is 27.6 Å². The second kappa shape index (κ2) is 8.07. The number of benzene rings is 2. The molecule has 0 aliphatic heterocycles. The third-order valence-electron chi connectivity index (χ3n) is 3.79. The number of amides is 1.